The van der Waals surface area contributed by atoms with Gasteiger partial charge in [0.05, 0.1) is 18.1 Å². The Labute approximate surface area is 123 Å². The van der Waals surface area contributed by atoms with Gasteiger partial charge in [-0.25, -0.2) is 4.98 Å². The van der Waals surface area contributed by atoms with Gasteiger partial charge in [0.25, 0.3) is 0 Å². The van der Waals surface area contributed by atoms with Crippen LogP contribution in [0.4, 0.5) is 5.95 Å². The molecule has 3 rings (SSSR count). The summed E-state index contributed by atoms with van der Waals surface area (Å²) in [5, 5.41) is 0. The van der Waals surface area contributed by atoms with Crippen molar-refractivity contribution in [1.82, 2.24) is 14.5 Å². The lowest BCUT2D eigenvalue weighted by atomic mass is 10.3. The van der Waals surface area contributed by atoms with Crippen LogP contribution in [0.15, 0.2) is 18.2 Å². The number of amides is 1. The van der Waals surface area contributed by atoms with E-state index in [1.54, 1.807) is 7.11 Å². The van der Waals surface area contributed by atoms with Crippen LogP contribution in [0.25, 0.3) is 11.0 Å². The van der Waals surface area contributed by atoms with E-state index < -0.39 is 0 Å². The molecule has 0 unspecified atom stereocenters. The lowest BCUT2D eigenvalue weighted by molar-refractivity contribution is -0.130. The maximum absolute atomic E-state index is 12.1. The van der Waals surface area contributed by atoms with Gasteiger partial charge >= 0.3 is 0 Å². The summed E-state index contributed by atoms with van der Waals surface area (Å²) in [5.74, 6) is 1.38. The van der Waals surface area contributed by atoms with Crippen molar-refractivity contribution in [3.05, 3.63) is 18.2 Å². The number of imidazole rings is 1. The van der Waals surface area contributed by atoms with Crippen molar-refractivity contribution in [1.29, 1.82) is 0 Å². The van der Waals surface area contributed by atoms with E-state index in [4.69, 9.17) is 10.5 Å². The summed E-state index contributed by atoms with van der Waals surface area (Å²) in [4.78, 5) is 18.4. The highest BCUT2D eigenvalue weighted by molar-refractivity contribution is 5.81. The maximum atomic E-state index is 12.1. The summed E-state index contributed by atoms with van der Waals surface area (Å²) in [6.07, 6.45) is 2.69. The van der Waals surface area contributed by atoms with Crippen LogP contribution in [0.3, 0.4) is 0 Å². The van der Waals surface area contributed by atoms with E-state index in [1.807, 2.05) is 27.7 Å². The number of benzene rings is 1. The molecule has 2 heterocycles. The van der Waals surface area contributed by atoms with Crippen LogP contribution in [-0.2, 0) is 11.3 Å². The van der Waals surface area contributed by atoms with Crippen LogP contribution in [-0.4, -0.2) is 40.6 Å². The smallest absolute Gasteiger partial charge is 0.224 e. The molecule has 1 aliphatic heterocycles. The molecule has 0 spiro atoms. The molecule has 1 aromatic carbocycles. The van der Waals surface area contributed by atoms with Gasteiger partial charge in [0.1, 0.15) is 5.75 Å². The van der Waals surface area contributed by atoms with E-state index in [2.05, 4.69) is 4.98 Å². The quantitative estimate of drug-likeness (QED) is 0.928. The molecule has 0 atom stereocenters. The van der Waals surface area contributed by atoms with Crippen molar-refractivity contribution in [3.8, 4) is 5.75 Å². The molecule has 1 fully saturated rings. The van der Waals surface area contributed by atoms with E-state index >= 15 is 0 Å². The number of hydrogen-bond acceptors (Lipinski definition) is 4. The summed E-state index contributed by atoms with van der Waals surface area (Å²) in [5.41, 5.74) is 7.70. The van der Waals surface area contributed by atoms with Crippen molar-refractivity contribution in [2.75, 3.05) is 25.9 Å². The largest absolute Gasteiger partial charge is 0.497 e. The lowest BCUT2D eigenvalue weighted by Crippen LogP contribution is -2.28. The summed E-state index contributed by atoms with van der Waals surface area (Å²) in [6.45, 7) is 2.33. The average molecular weight is 288 g/mol. The highest BCUT2D eigenvalue weighted by Gasteiger charge is 2.18. The number of rotatable bonds is 4. The fourth-order valence-electron chi connectivity index (χ4n) is 2.82. The molecular formula is C15H20N4O2. The standard InChI is InChI=1S/C15H20N4O2/c1-21-11-4-5-13-12(10-11)17-15(16)19(13)9-6-14(20)18-7-2-3-8-18/h4-5,10H,2-3,6-9H2,1H3,(H2,16,17). The van der Waals surface area contributed by atoms with Crippen LogP contribution in [0.1, 0.15) is 19.3 Å². The van der Waals surface area contributed by atoms with Crippen LogP contribution < -0.4 is 10.5 Å². The molecular weight excluding hydrogens is 268 g/mol. The Balaban J connectivity index is 1.77. The number of carbonyl (C=O) groups excluding carboxylic acids is 1. The highest BCUT2D eigenvalue weighted by atomic mass is 16.5. The van der Waals surface area contributed by atoms with E-state index in [1.165, 1.54) is 0 Å². The molecule has 6 heteroatoms. The SMILES string of the molecule is COc1ccc2c(c1)nc(N)n2CCC(=O)N1CCCC1. The fourth-order valence-corrected chi connectivity index (χ4v) is 2.82. The normalized spacial score (nSPS) is 14.8. The van der Waals surface area contributed by atoms with Crippen molar-refractivity contribution in [3.63, 3.8) is 0 Å². The molecule has 1 amide bonds. The summed E-state index contributed by atoms with van der Waals surface area (Å²) >= 11 is 0. The Kier molecular flexibility index (Phi) is 3.68. The molecule has 0 bridgehead atoms. The number of nitrogen functional groups attached to an aromatic ring is 1. The number of methoxy groups -OCH3 is 1. The first-order chi connectivity index (χ1) is 10.2. The number of anilines is 1. The Morgan fingerprint density at radius 2 is 2.14 bits per heavy atom. The van der Waals surface area contributed by atoms with Crippen molar-refractivity contribution >= 4 is 22.9 Å². The van der Waals surface area contributed by atoms with Crippen molar-refractivity contribution in [2.24, 2.45) is 0 Å². The molecule has 0 radical (unpaired) electrons. The first-order valence-electron chi connectivity index (χ1n) is 7.26. The van der Waals surface area contributed by atoms with Gasteiger partial charge in [-0.05, 0) is 25.0 Å². The summed E-state index contributed by atoms with van der Waals surface area (Å²) in [6, 6.07) is 5.66. The number of carbonyl (C=O) groups is 1. The van der Waals surface area contributed by atoms with E-state index in [-0.39, 0.29) is 5.91 Å². The minimum atomic E-state index is 0.197. The minimum Gasteiger partial charge on any atom is -0.497 e. The van der Waals surface area contributed by atoms with Crippen LogP contribution in [0, 0.1) is 0 Å². The number of aryl methyl sites for hydroxylation is 1. The molecule has 21 heavy (non-hydrogen) atoms. The lowest BCUT2D eigenvalue weighted by Gasteiger charge is -2.15. The first kappa shape index (κ1) is 13.7. The van der Waals surface area contributed by atoms with E-state index in [0.29, 0.717) is 18.9 Å². The molecule has 0 saturated carbocycles. The monoisotopic (exact) mass is 288 g/mol. The van der Waals surface area contributed by atoms with Gasteiger partial charge in [-0.2, -0.15) is 0 Å². The van der Waals surface area contributed by atoms with Crippen LogP contribution in [0.5, 0.6) is 5.75 Å². The topological polar surface area (TPSA) is 73.4 Å². The number of nitrogens with zero attached hydrogens (tertiary/aromatic N) is 3. The van der Waals surface area contributed by atoms with Crippen molar-refractivity contribution < 1.29 is 9.53 Å². The fraction of sp³-hybridized carbons (Fsp3) is 0.467. The van der Waals surface area contributed by atoms with Gasteiger partial charge in [-0.1, -0.05) is 0 Å². The van der Waals surface area contributed by atoms with Gasteiger partial charge < -0.3 is 19.9 Å². The molecule has 2 aromatic rings. The highest BCUT2D eigenvalue weighted by Crippen LogP contribution is 2.23. The van der Waals surface area contributed by atoms with Crippen LogP contribution in [0.2, 0.25) is 0 Å². The zero-order valence-electron chi connectivity index (χ0n) is 12.2. The molecule has 1 aromatic heterocycles. The summed E-state index contributed by atoms with van der Waals surface area (Å²) < 4.78 is 7.08. The Hall–Kier alpha value is -2.24. The molecule has 6 nitrogen and oxygen atoms in total. The van der Waals surface area contributed by atoms with Crippen molar-refractivity contribution in [2.45, 2.75) is 25.8 Å². The Morgan fingerprint density at radius 1 is 1.38 bits per heavy atom. The van der Waals surface area contributed by atoms with Gasteiger partial charge in [-0.15, -0.1) is 0 Å². The predicted molar refractivity (Wildman–Crippen MR) is 81.1 cm³/mol. The third-order valence-electron chi connectivity index (χ3n) is 3.99. The molecule has 112 valence electrons. The second-order valence-electron chi connectivity index (χ2n) is 5.31. The van der Waals surface area contributed by atoms with Gasteiger partial charge in [0.15, 0.2) is 0 Å². The average Bonchev–Trinajstić information content (AvgIpc) is 3.11. The predicted octanol–water partition coefficient (Wildman–Crippen LogP) is 1.64. The van der Waals surface area contributed by atoms with Gasteiger partial charge in [-0.3, -0.25) is 4.79 Å². The van der Waals surface area contributed by atoms with Gasteiger partial charge in [0, 0.05) is 32.1 Å². The zero-order valence-corrected chi connectivity index (χ0v) is 12.2. The molecule has 0 aliphatic carbocycles. The summed E-state index contributed by atoms with van der Waals surface area (Å²) in [7, 11) is 1.62. The van der Waals surface area contributed by atoms with E-state index in [9.17, 15) is 4.79 Å². The second kappa shape index (κ2) is 5.63. The number of fused-ring (bicyclic) bond motifs is 1. The Bertz CT molecular complexity index is 659. The first-order valence-corrected chi connectivity index (χ1v) is 7.26. The number of ether oxygens (including phenoxy) is 1. The number of likely N-dealkylation sites (tertiary alicyclic amines) is 1. The third kappa shape index (κ3) is 2.66. The third-order valence-corrected chi connectivity index (χ3v) is 3.99. The van der Waals surface area contributed by atoms with E-state index in [0.717, 1.165) is 42.7 Å². The number of hydrogen-bond donors (Lipinski definition) is 1. The number of nitrogens with two attached hydrogens (primary N) is 1. The Morgan fingerprint density at radius 3 is 2.86 bits per heavy atom. The second-order valence-corrected chi connectivity index (χ2v) is 5.31. The van der Waals surface area contributed by atoms with Gasteiger partial charge in [0.2, 0.25) is 11.9 Å². The van der Waals surface area contributed by atoms with Crippen LogP contribution >= 0.6 is 0 Å². The minimum absolute atomic E-state index is 0.197. The maximum Gasteiger partial charge on any atom is 0.224 e. The molecule has 1 aliphatic rings. The zero-order chi connectivity index (χ0) is 14.8. The number of aromatic nitrogens is 2. The molecule has 1 saturated heterocycles. The molecule has 2 N–H and O–H groups in total.